The molecule has 0 aliphatic heterocycles. The van der Waals surface area contributed by atoms with Gasteiger partial charge in [-0.05, 0) is 71.9 Å². The number of anilines is 2. The summed E-state index contributed by atoms with van der Waals surface area (Å²) < 4.78 is 5.94. The van der Waals surface area contributed by atoms with Gasteiger partial charge in [0.15, 0.2) is 0 Å². The average Bonchev–Trinajstić information content (AvgIpc) is 2.87. The van der Waals surface area contributed by atoms with E-state index < -0.39 is 6.04 Å². The van der Waals surface area contributed by atoms with Gasteiger partial charge in [0.1, 0.15) is 19.0 Å². The third-order valence-corrected chi connectivity index (χ3v) is 6.49. The second-order valence-corrected chi connectivity index (χ2v) is 12.8. The molecule has 2 atom stereocenters. The smallest absolute Gasteiger partial charge is 0.246 e. The van der Waals surface area contributed by atoms with Gasteiger partial charge in [-0.15, -0.1) is 0 Å². The van der Waals surface area contributed by atoms with E-state index in [1.54, 1.807) is 0 Å². The van der Waals surface area contributed by atoms with Crippen LogP contribution < -0.4 is 21.3 Å². The molecule has 232 valence electrons. The number of benzene rings is 2. The van der Waals surface area contributed by atoms with Crippen molar-refractivity contribution in [3.63, 3.8) is 0 Å². The third kappa shape index (κ3) is 13.5. The molecule has 4 N–H and O–H groups in total. The lowest BCUT2D eigenvalue weighted by molar-refractivity contribution is -0.127. The van der Waals surface area contributed by atoms with Crippen LogP contribution in [0.25, 0.3) is 11.1 Å². The molecule has 0 spiro atoms. The highest BCUT2D eigenvalue weighted by Gasteiger charge is 2.22. The maximum absolute atomic E-state index is 13.0. The molecule has 0 saturated carbocycles. The number of ether oxygens (including phenoxy) is 1. The molecule has 0 unspecified atom stereocenters. The predicted molar refractivity (Wildman–Crippen MR) is 172 cm³/mol. The number of rotatable bonds is 17. The quantitative estimate of drug-likeness (QED) is 0.154. The Balaban J connectivity index is 1.94. The van der Waals surface area contributed by atoms with E-state index in [-0.39, 0.29) is 42.5 Å². The molecule has 0 fully saturated rings. The number of nitrogens with one attached hydrogen (secondary N) is 4. The van der Waals surface area contributed by atoms with Crippen LogP contribution in [0.15, 0.2) is 48.5 Å². The molecular formula is C34H52N4O4. The Bertz CT molecular complexity index is 1110. The van der Waals surface area contributed by atoms with E-state index in [9.17, 15) is 14.4 Å². The Kier molecular flexibility index (Phi) is 14.5. The third-order valence-electron chi connectivity index (χ3n) is 6.49. The Labute approximate surface area is 252 Å². The Morgan fingerprint density at radius 2 is 1.10 bits per heavy atom. The maximum atomic E-state index is 13.0. The van der Waals surface area contributed by atoms with Crippen molar-refractivity contribution in [2.24, 2.45) is 23.7 Å². The molecule has 0 saturated heterocycles. The molecule has 2 aromatic rings. The minimum Gasteiger partial charge on any atom is -0.363 e. The molecule has 0 radical (unpaired) electrons. The standard InChI is InChI=1S/C34H52N4O4/c1-22(2)17-30(37-31(39)18-23(3)4)34(41)36-29-15-11-27(12-16-29)26-9-13-28(14-10-26)35-21-42-33(20-25(7)8)38-32(40)19-24(5)6/h9-16,22-25,30,33,35H,17-21H2,1-8H3,(H,36,41)(H,37,39)(H,38,40)/t30-,33+/m0/s1. The summed E-state index contributed by atoms with van der Waals surface area (Å²) in [7, 11) is 0. The first kappa shape index (κ1) is 34.8. The normalized spacial score (nSPS) is 12.9. The van der Waals surface area contributed by atoms with Crippen molar-refractivity contribution in [1.29, 1.82) is 0 Å². The van der Waals surface area contributed by atoms with Gasteiger partial charge in [0.2, 0.25) is 17.7 Å². The van der Waals surface area contributed by atoms with Gasteiger partial charge in [-0.3, -0.25) is 14.4 Å². The Hall–Kier alpha value is -3.39. The summed E-state index contributed by atoms with van der Waals surface area (Å²) in [6.45, 7) is 16.6. The summed E-state index contributed by atoms with van der Waals surface area (Å²) in [5, 5.41) is 12.1. The first-order valence-corrected chi connectivity index (χ1v) is 15.3. The van der Waals surface area contributed by atoms with Gasteiger partial charge in [0.05, 0.1) is 0 Å². The zero-order valence-electron chi connectivity index (χ0n) is 26.8. The summed E-state index contributed by atoms with van der Waals surface area (Å²) in [6.07, 6.45) is 1.86. The van der Waals surface area contributed by atoms with Crippen LogP contribution in [0.4, 0.5) is 11.4 Å². The van der Waals surface area contributed by atoms with Crippen LogP contribution in [0, 0.1) is 23.7 Å². The average molecular weight is 581 g/mol. The number of hydrogen-bond acceptors (Lipinski definition) is 5. The summed E-state index contributed by atoms with van der Waals surface area (Å²) in [5.41, 5.74) is 3.65. The number of amides is 3. The van der Waals surface area contributed by atoms with Crippen LogP contribution in [0.2, 0.25) is 0 Å². The van der Waals surface area contributed by atoms with Crippen LogP contribution in [-0.4, -0.2) is 36.7 Å². The van der Waals surface area contributed by atoms with Crippen molar-refractivity contribution in [3.8, 4) is 11.1 Å². The summed E-state index contributed by atoms with van der Waals surface area (Å²) >= 11 is 0. The number of hydrogen-bond donors (Lipinski definition) is 4. The molecular weight excluding hydrogens is 528 g/mol. The summed E-state index contributed by atoms with van der Waals surface area (Å²) in [4.78, 5) is 37.5. The number of carbonyl (C=O) groups is 3. The fourth-order valence-electron chi connectivity index (χ4n) is 4.51. The van der Waals surface area contributed by atoms with Crippen molar-refractivity contribution in [2.45, 2.75) is 93.3 Å². The highest BCUT2D eigenvalue weighted by Crippen LogP contribution is 2.24. The van der Waals surface area contributed by atoms with Crippen LogP contribution in [0.1, 0.15) is 81.1 Å². The van der Waals surface area contributed by atoms with E-state index >= 15 is 0 Å². The number of carbonyl (C=O) groups excluding carboxylic acids is 3. The fourth-order valence-corrected chi connectivity index (χ4v) is 4.51. The van der Waals surface area contributed by atoms with Gasteiger partial charge < -0.3 is 26.0 Å². The van der Waals surface area contributed by atoms with Crippen LogP contribution >= 0.6 is 0 Å². The zero-order valence-corrected chi connectivity index (χ0v) is 26.8. The Morgan fingerprint density at radius 1 is 0.619 bits per heavy atom. The predicted octanol–water partition coefficient (Wildman–Crippen LogP) is 6.79. The highest BCUT2D eigenvalue weighted by atomic mass is 16.5. The molecule has 42 heavy (non-hydrogen) atoms. The molecule has 0 aromatic heterocycles. The first-order chi connectivity index (χ1) is 19.8. The van der Waals surface area contributed by atoms with Crippen molar-refractivity contribution < 1.29 is 19.1 Å². The summed E-state index contributed by atoms with van der Waals surface area (Å²) in [6, 6.07) is 15.1. The molecule has 2 rings (SSSR count). The lowest BCUT2D eigenvalue weighted by Crippen LogP contribution is -2.44. The van der Waals surface area contributed by atoms with Crippen LogP contribution in [0.5, 0.6) is 0 Å². The van der Waals surface area contributed by atoms with Crippen molar-refractivity contribution in [1.82, 2.24) is 10.6 Å². The monoisotopic (exact) mass is 580 g/mol. The molecule has 8 nitrogen and oxygen atoms in total. The van der Waals surface area contributed by atoms with Gasteiger partial charge in [-0.1, -0.05) is 79.7 Å². The second-order valence-electron chi connectivity index (χ2n) is 12.8. The van der Waals surface area contributed by atoms with Gasteiger partial charge in [-0.2, -0.15) is 0 Å². The van der Waals surface area contributed by atoms with E-state index in [1.807, 2.05) is 90.1 Å². The zero-order chi connectivity index (χ0) is 31.2. The van der Waals surface area contributed by atoms with Crippen LogP contribution in [-0.2, 0) is 19.1 Å². The van der Waals surface area contributed by atoms with Gasteiger partial charge in [0.25, 0.3) is 0 Å². The second kappa shape index (κ2) is 17.5. The largest absolute Gasteiger partial charge is 0.363 e. The molecule has 0 aliphatic rings. The van der Waals surface area contributed by atoms with Crippen molar-refractivity contribution in [3.05, 3.63) is 48.5 Å². The fraction of sp³-hybridized carbons (Fsp3) is 0.559. The van der Waals surface area contributed by atoms with Crippen molar-refractivity contribution in [2.75, 3.05) is 17.4 Å². The van der Waals surface area contributed by atoms with Gasteiger partial charge in [-0.25, -0.2) is 0 Å². The summed E-state index contributed by atoms with van der Waals surface area (Å²) in [5.74, 6) is 0.889. The van der Waals surface area contributed by atoms with Crippen LogP contribution in [0.3, 0.4) is 0 Å². The van der Waals surface area contributed by atoms with E-state index in [2.05, 4.69) is 35.1 Å². The molecule has 2 aromatic carbocycles. The SMILES string of the molecule is CC(C)CC(=O)N[C@@H](CC(C)C)OCNc1ccc(-c2ccc(NC(=O)[C@H](CC(C)C)NC(=O)CC(C)C)cc2)cc1. The molecule has 8 heteroatoms. The molecule has 0 bridgehead atoms. The molecule has 3 amide bonds. The van der Waals surface area contributed by atoms with Gasteiger partial charge in [0, 0.05) is 24.2 Å². The first-order valence-electron chi connectivity index (χ1n) is 15.3. The van der Waals surface area contributed by atoms with Crippen molar-refractivity contribution >= 4 is 29.1 Å². The minimum atomic E-state index is -0.572. The lowest BCUT2D eigenvalue weighted by atomic mass is 10.0. The Morgan fingerprint density at radius 3 is 1.57 bits per heavy atom. The van der Waals surface area contributed by atoms with E-state index in [0.29, 0.717) is 36.8 Å². The molecule has 0 heterocycles. The van der Waals surface area contributed by atoms with E-state index in [4.69, 9.17) is 4.74 Å². The minimum absolute atomic E-state index is 0.00868. The van der Waals surface area contributed by atoms with E-state index in [0.717, 1.165) is 23.2 Å². The topological polar surface area (TPSA) is 109 Å². The van der Waals surface area contributed by atoms with E-state index in [1.165, 1.54) is 0 Å². The molecule has 0 aliphatic carbocycles. The lowest BCUT2D eigenvalue weighted by Gasteiger charge is -2.22. The van der Waals surface area contributed by atoms with Gasteiger partial charge >= 0.3 is 0 Å². The highest BCUT2D eigenvalue weighted by molar-refractivity contribution is 5.97. The maximum Gasteiger partial charge on any atom is 0.246 e.